The van der Waals surface area contributed by atoms with E-state index in [2.05, 4.69) is 20.9 Å². The summed E-state index contributed by atoms with van der Waals surface area (Å²) in [5, 5.41) is 32.2. The fraction of sp³-hybridized carbons (Fsp3) is 0.375. The van der Waals surface area contributed by atoms with E-state index in [1.165, 1.54) is 6.07 Å². The maximum absolute atomic E-state index is 14.5. The zero-order chi connectivity index (χ0) is 30.1. The number of hydrogen-bond donors (Lipinski definition) is 3. The van der Waals surface area contributed by atoms with Crippen molar-refractivity contribution in [3.05, 3.63) is 77.6 Å². The molecule has 3 N–H and O–H groups in total. The number of phenolic OH excluding ortho intramolecular Hbond substituents is 1. The SMILES string of the molecule is CC(C)(CC(O)(CCc1cc2cc(N3CCOCC3)ncc2[nH]1)C(F)(F)F)c1cc(-c2ccccc2C#N)ccc1O. The van der Waals surface area contributed by atoms with Crippen LogP contribution in [0.25, 0.3) is 22.0 Å². The van der Waals surface area contributed by atoms with E-state index in [-0.39, 0.29) is 17.7 Å². The molecule has 10 heteroatoms. The highest BCUT2D eigenvalue weighted by molar-refractivity contribution is 5.82. The van der Waals surface area contributed by atoms with Crippen molar-refractivity contribution in [3.63, 3.8) is 0 Å². The number of H-pyrrole nitrogens is 1. The first kappa shape index (κ1) is 29.4. The molecule has 1 saturated heterocycles. The number of nitrogens with zero attached hydrogens (tertiary/aromatic N) is 3. The molecule has 0 amide bonds. The van der Waals surface area contributed by atoms with Crippen LogP contribution in [0.15, 0.2) is 60.8 Å². The minimum absolute atomic E-state index is 0.0464. The highest BCUT2D eigenvalue weighted by Gasteiger charge is 2.55. The van der Waals surface area contributed by atoms with Crippen LogP contribution in [0.4, 0.5) is 19.0 Å². The average molecular weight is 579 g/mol. The monoisotopic (exact) mass is 578 g/mol. The van der Waals surface area contributed by atoms with Crippen molar-refractivity contribution in [2.45, 2.75) is 50.3 Å². The molecule has 1 aliphatic rings. The van der Waals surface area contributed by atoms with Gasteiger partial charge in [0.05, 0.1) is 36.6 Å². The van der Waals surface area contributed by atoms with Crippen molar-refractivity contribution in [1.82, 2.24) is 9.97 Å². The predicted molar refractivity (Wildman–Crippen MR) is 154 cm³/mol. The van der Waals surface area contributed by atoms with Crippen molar-refractivity contribution in [2.24, 2.45) is 0 Å². The number of hydrogen-bond acceptors (Lipinski definition) is 6. The van der Waals surface area contributed by atoms with Crippen molar-refractivity contribution < 1.29 is 28.1 Å². The summed E-state index contributed by atoms with van der Waals surface area (Å²) in [4.78, 5) is 9.73. The van der Waals surface area contributed by atoms with Crippen LogP contribution in [0, 0.1) is 11.3 Å². The van der Waals surface area contributed by atoms with Gasteiger partial charge in [-0.05, 0) is 66.1 Å². The predicted octanol–water partition coefficient (Wildman–Crippen LogP) is 6.24. The molecule has 1 atom stereocenters. The number of aromatic nitrogens is 2. The number of pyridine rings is 1. The molecule has 1 fully saturated rings. The molecule has 42 heavy (non-hydrogen) atoms. The minimum Gasteiger partial charge on any atom is -0.508 e. The van der Waals surface area contributed by atoms with Crippen LogP contribution in [0.5, 0.6) is 5.75 Å². The zero-order valence-corrected chi connectivity index (χ0v) is 23.5. The van der Waals surface area contributed by atoms with Gasteiger partial charge in [0.1, 0.15) is 11.6 Å². The lowest BCUT2D eigenvalue weighted by molar-refractivity contribution is -0.269. The lowest BCUT2D eigenvalue weighted by Gasteiger charge is -2.38. The molecule has 4 aromatic rings. The number of aryl methyl sites for hydroxylation is 1. The summed E-state index contributed by atoms with van der Waals surface area (Å²) in [5.41, 5.74) is -1.19. The van der Waals surface area contributed by atoms with Crippen LogP contribution < -0.4 is 4.90 Å². The van der Waals surface area contributed by atoms with Crippen molar-refractivity contribution in [2.75, 3.05) is 31.2 Å². The third kappa shape index (κ3) is 5.94. The van der Waals surface area contributed by atoms with Crippen molar-refractivity contribution >= 4 is 16.7 Å². The van der Waals surface area contributed by atoms with Gasteiger partial charge in [-0.15, -0.1) is 0 Å². The Morgan fingerprint density at radius 2 is 1.81 bits per heavy atom. The second kappa shape index (κ2) is 11.3. The van der Waals surface area contributed by atoms with Crippen LogP contribution in [0.1, 0.15) is 43.5 Å². The number of nitrogens with one attached hydrogen (secondary N) is 1. The molecule has 0 aliphatic carbocycles. The van der Waals surface area contributed by atoms with Crippen LogP contribution in [0.3, 0.4) is 0 Å². The first-order chi connectivity index (χ1) is 19.9. The molecule has 0 radical (unpaired) electrons. The summed E-state index contributed by atoms with van der Waals surface area (Å²) in [7, 11) is 0. The molecule has 220 valence electrons. The molecule has 0 bridgehead atoms. The highest BCUT2D eigenvalue weighted by atomic mass is 19.4. The van der Waals surface area contributed by atoms with Gasteiger partial charge in [-0.3, -0.25) is 0 Å². The maximum Gasteiger partial charge on any atom is 0.417 e. The van der Waals surface area contributed by atoms with Gasteiger partial charge in [0.25, 0.3) is 0 Å². The van der Waals surface area contributed by atoms with Crippen LogP contribution >= 0.6 is 0 Å². The molecule has 2 aromatic heterocycles. The Balaban J connectivity index is 1.39. The van der Waals surface area contributed by atoms with Gasteiger partial charge >= 0.3 is 6.18 Å². The molecule has 2 aromatic carbocycles. The fourth-order valence-corrected chi connectivity index (χ4v) is 5.76. The Morgan fingerprint density at radius 3 is 2.52 bits per heavy atom. The number of benzene rings is 2. The second-order valence-corrected chi connectivity index (χ2v) is 11.5. The molecule has 1 aliphatic heterocycles. The smallest absolute Gasteiger partial charge is 0.417 e. The van der Waals surface area contributed by atoms with E-state index in [0.717, 1.165) is 11.2 Å². The Labute approximate surface area is 242 Å². The lowest BCUT2D eigenvalue weighted by atomic mass is 9.72. The Hall–Kier alpha value is -4.07. The third-order valence-electron chi connectivity index (χ3n) is 8.04. The average Bonchev–Trinajstić information content (AvgIpc) is 3.38. The van der Waals surface area contributed by atoms with E-state index in [0.29, 0.717) is 54.2 Å². The van der Waals surface area contributed by atoms with E-state index in [1.807, 2.05) is 6.07 Å². The summed E-state index contributed by atoms with van der Waals surface area (Å²) in [5.74, 6) is 0.603. The third-order valence-corrected chi connectivity index (χ3v) is 8.04. The number of alkyl halides is 3. The highest BCUT2D eigenvalue weighted by Crippen LogP contribution is 2.46. The molecular formula is C32H33F3N4O3. The van der Waals surface area contributed by atoms with Gasteiger partial charge in [-0.1, -0.05) is 38.1 Å². The number of rotatable bonds is 8. The number of aromatic hydroxyl groups is 1. The van der Waals surface area contributed by atoms with Crippen molar-refractivity contribution in [1.29, 1.82) is 5.26 Å². The van der Waals surface area contributed by atoms with E-state index in [9.17, 15) is 28.6 Å². The largest absolute Gasteiger partial charge is 0.508 e. The standard InChI is InChI=1S/C32H33F3N4O3/c1-30(2,26-16-21(7-8-28(26)40)25-6-4-3-5-22(25)18-36)20-31(41,32(33,34)35)10-9-24-15-23-17-29(37-19-27(23)38-24)39-11-13-42-14-12-39/h3-8,15-17,19,38,40-41H,9-14,20H2,1-2H3. The number of nitriles is 1. The second-order valence-electron chi connectivity index (χ2n) is 11.5. The molecule has 0 saturated carbocycles. The summed E-state index contributed by atoms with van der Waals surface area (Å²) in [6.45, 7) is 5.79. The summed E-state index contributed by atoms with van der Waals surface area (Å²) in [6.07, 6.45) is -4.54. The number of morpholine rings is 1. The quantitative estimate of drug-likeness (QED) is 0.229. The molecule has 7 nitrogen and oxygen atoms in total. The number of ether oxygens (including phenoxy) is 1. The van der Waals surface area contributed by atoms with E-state index in [1.54, 1.807) is 62.5 Å². The van der Waals surface area contributed by atoms with E-state index < -0.39 is 30.0 Å². The summed E-state index contributed by atoms with van der Waals surface area (Å²) >= 11 is 0. The summed E-state index contributed by atoms with van der Waals surface area (Å²) < 4.78 is 48.8. The van der Waals surface area contributed by atoms with Gasteiger partial charge in [-0.2, -0.15) is 18.4 Å². The number of halogens is 3. The number of fused-ring (bicyclic) bond motifs is 1. The maximum atomic E-state index is 14.5. The number of aromatic amines is 1. The van der Waals surface area contributed by atoms with Crippen LogP contribution in [0.2, 0.25) is 0 Å². The van der Waals surface area contributed by atoms with Gasteiger partial charge in [0.2, 0.25) is 0 Å². The first-order valence-electron chi connectivity index (χ1n) is 13.8. The number of aliphatic hydroxyl groups is 1. The topological polar surface area (TPSA) is 105 Å². The zero-order valence-electron chi connectivity index (χ0n) is 23.5. The molecule has 1 unspecified atom stereocenters. The number of anilines is 1. The van der Waals surface area contributed by atoms with Gasteiger partial charge in [-0.25, -0.2) is 4.98 Å². The van der Waals surface area contributed by atoms with E-state index >= 15 is 0 Å². The normalized spacial score (nSPS) is 15.9. The van der Waals surface area contributed by atoms with Crippen LogP contribution in [-0.2, 0) is 16.6 Å². The van der Waals surface area contributed by atoms with Crippen molar-refractivity contribution in [3.8, 4) is 22.9 Å². The fourth-order valence-electron chi connectivity index (χ4n) is 5.76. The van der Waals surface area contributed by atoms with E-state index in [4.69, 9.17) is 4.74 Å². The van der Waals surface area contributed by atoms with Crippen LogP contribution in [-0.4, -0.2) is 58.3 Å². The molecule has 5 rings (SSSR count). The van der Waals surface area contributed by atoms with Gasteiger partial charge in [0.15, 0.2) is 5.60 Å². The van der Waals surface area contributed by atoms with Gasteiger partial charge in [0, 0.05) is 29.7 Å². The minimum atomic E-state index is -4.91. The lowest BCUT2D eigenvalue weighted by Crippen LogP contribution is -2.49. The Kier molecular flexibility index (Phi) is 7.92. The molecule has 0 spiro atoms. The summed E-state index contributed by atoms with van der Waals surface area (Å²) in [6, 6.07) is 17.3. The first-order valence-corrected chi connectivity index (χ1v) is 13.8. The molecule has 3 heterocycles. The molecular weight excluding hydrogens is 545 g/mol. The Bertz CT molecular complexity index is 1620. The van der Waals surface area contributed by atoms with Gasteiger partial charge < -0.3 is 24.8 Å². The Morgan fingerprint density at radius 1 is 1.07 bits per heavy atom. The number of phenols is 1.